The number of hydrogen-bond acceptors (Lipinski definition) is 2. The Kier molecular flexibility index (Phi) is 3.60. The van der Waals surface area contributed by atoms with E-state index in [-0.39, 0.29) is 6.04 Å². The van der Waals surface area contributed by atoms with Crippen LogP contribution >= 0.6 is 0 Å². The van der Waals surface area contributed by atoms with E-state index in [1.165, 1.54) is 5.69 Å². The standard InChI is InChI=1S/C18H22FN3O/c1-11(19)12(2)22-17(13-3-5-23-6-4-13)8-14-7-16-15(9-18(14)22)10-20-21-16/h7-13H,3-6H2,1-2H3,(H,20,21)/t11-,12?/m1/s1. The molecule has 1 aromatic carbocycles. The zero-order valence-electron chi connectivity index (χ0n) is 13.6. The molecule has 1 aliphatic rings. The van der Waals surface area contributed by atoms with Gasteiger partial charge in [0.05, 0.1) is 17.8 Å². The minimum Gasteiger partial charge on any atom is -0.381 e. The second-order valence-electron chi connectivity index (χ2n) is 6.61. The smallest absolute Gasteiger partial charge is 0.118 e. The lowest BCUT2D eigenvalue weighted by atomic mass is 9.96. The average Bonchev–Trinajstić information content (AvgIpc) is 3.16. The topological polar surface area (TPSA) is 42.8 Å². The van der Waals surface area contributed by atoms with Gasteiger partial charge in [-0.2, -0.15) is 5.10 Å². The van der Waals surface area contributed by atoms with Gasteiger partial charge in [-0.1, -0.05) is 0 Å². The number of benzene rings is 1. The number of rotatable bonds is 3. The molecule has 2 aromatic heterocycles. The van der Waals surface area contributed by atoms with Crippen molar-refractivity contribution in [3.8, 4) is 0 Å². The molecule has 1 aliphatic heterocycles. The summed E-state index contributed by atoms with van der Waals surface area (Å²) in [6.45, 7) is 5.18. The van der Waals surface area contributed by atoms with E-state index in [1.54, 1.807) is 6.92 Å². The van der Waals surface area contributed by atoms with Crippen LogP contribution < -0.4 is 0 Å². The second-order valence-corrected chi connectivity index (χ2v) is 6.61. The van der Waals surface area contributed by atoms with Crippen molar-refractivity contribution < 1.29 is 9.13 Å². The van der Waals surface area contributed by atoms with Crippen LogP contribution in [0.3, 0.4) is 0 Å². The maximum Gasteiger partial charge on any atom is 0.118 e. The summed E-state index contributed by atoms with van der Waals surface area (Å²) in [5.74, 6) is 0.439. The molecule has 1 N–H and O–H groups in total. The van der Waals surface area contributed by atoms with Crippen molar-refractivity contribution >= 4 is 21.8 Å². The van der Waals surface area contributed by atoms with Crippen LogP contribution in [0.5, 0.6) is 0 Å². The summed E-state index contributed by atoms with van der Waals surface area (Å²) in [4.78, 5) is 0. The van der Waals surface area contributed by atoms with Crippen LogP contribution in [0.2, 0.25) is 0 Å². The van der Waals surface area contributed by atoms with E-state index in [9.17, 15) is 4.39 Å². The quantitative estimate of drug-likeness (QED) is 0.781. The maximum absolute atomic E-state index is 14.1. The minimum atomic E-state index is -0.899. The summed E-state index contributed by atoms with van der Waals surface area (Å²) in [6.07, 6.45) is 2.93. The van der Waals surface area contributed by atoms with Crippen molar-refractivity contribution in [3.05, 3.63) is 30.1 Å². The molecular weight excluding hydrogens is 293 g/mol. The fraction of sp³-hybridized carbons (Fsp3) is 0.500. The lowest BCUT2D eigenvalue weighted by molar-refractivity contribution is 0.0831. The number of halogens is 1. The van der Waals surface area contributed by atoms with E-state index in [4.69, 9.17) is 4.74 Å². The second kappa shape index (κ2) is 5.64. The summed E-state index contributed by atoms with van der Waals surface area (Å²) in [7, 11) is 0. The normalized spacial score (nSPS) is 19.4. The first-order valence-electron chi connectivity index (χ1n) is 8.35. The van der Waals surface area contributed by atoms with Crippen molar-refractivity contribution in [2.24, 2.45) is 0 Å². The molecule has 0 aliphatic carbocycles. The number of H-pyrrole nitrogens is 1. The van der Waals surface area contributed by atoms with Gasteiger partial charge in [0, 0.05) is 41.1 Å². The number of ether oxygens (including phenoxy) is 1. The Hall–Kier alpha value is -1.88. The highest BCUT2D eigenvalue weighted by Gasteiger charge is 2.25. The van der Waals surface area contributed by atoms with Gasteiger partial charge < -0.3 is 9.30 Å². The Morgan fingerprint density at radius 1 is 1.22 bits per heavy atom. The first-order chi connectivity index (χ1) is 11.1. The van der Waals surface area contributed by atoms with Crippen molar-refractivity contribution in [2.75, 3.05) is 13.2 Å². The lowest BCUT2D eigenvalue weighted by Crippen LogP contribution is -2.22. The number of aromatic nitrogens is 3. The molecule has 0 bridgehead atoms. The monoisotopic (exact) mass is 315 g/mol. The predicted octanol–water partition coefficient (Wildman–Crippen LogP) is 4.33. The molecule has 23 heavy (non-hydrogen) atoms. The van der Waals surface area contributed by atoms with Gasteiger partial charge in [-0.3, -0.25) is 5.10 Å². The third kappa shape index (κ3) is 2.43. The zero-order chi connectivity index (χ0) is 16.0. The van der Waals surface area contributed by atoms with Gasteiger partial charge in [0.1, 0.15) is 6.17 Å². The molecule has 0 spiro atoms. The Bertz CT molecular complexity index is 829. The van der Waals surface area contributed by atoms with E-state index in [0.29, 0.717) is 5.92 Å². The Morgan fingerprint density at radius 2 is 2.00 bits per heavy atom. The third-order valence-corrected chi connectivity index (χ3v) is 5.14. The van der Waals surface area contributed by atoms with Gasteiger partial charge >= 0.3 is 0 Å². The molecule has 122 valence electrons. The highest BCUT2D eigenvalue weighted by Crippen LogP contribution is 2.36. The van der Waals surface area contributed by atoms with Crippen molar-refractivity contribution in [1.29, 1.82) is 0 Å². The fourth-order valence-electron chi connectivity index (χ4n) is 3.66. The molecule has 0 saturated carbocycles. The van der Waals surface area contributed by atoms with Crippen LogP contribution in [-0.4, -0.2) is 34.1 Å². The molecule has 0 amide bonds. The van der Waals surface area contributed by atoms with Gasteiger partial charge in [0.2, 0.25) is 0 Å². The summed E-state index contributed by atoms with van der Waals surface area (Å²) in [6, 6.07) is 6.28. The van der Waals surface area contributed by atoms with Crippen molar-refractivity contribution in [3.63, 3.8) is 0 Å². The van der Waals surface area contributed by atoms with Crippen LogP contribution in [-0.2, 0) is 4.74 Å². The summed E-state index contributed by atoms with van der Waals surface area (Å²) in [5, 5.41) is 9.33. The molecule has 1 fully saturated rings. The van der Waals surface area contributed by atoms with Gasteiger partial charge in [-0.15, -0.1) is 0 Å². The van der Waals surface area contributed by atoms with E-state index >= 15 is 0 Å². The largest absolute Gasteiger partial charge is 0.381 e. The van der Waals surface area contributed by atoms with Crippen molar-refractivity contribution in [1.82, 2.24) is 14.8 Å². The summed E-state index contributed by atoms with van der Waals surface area (Å²) >= 11 is 0. The number of aromatic amines is 1. The van der Waals surface area contributed by atoms with Crippen LogP contribution in [0.1, 0.15) is 44.3 Å². The van der Waals surface area contributed by atoms with Crippen LogP contribution in [0.25, 0.3) is 21.8 Å². The van der Waals surface area contributed by atoms with E-state index in [0.717, 1.165) is 47.9 Å². The molecule has 3 aromatic rings. The van der Waals surface area contributed by atoms with Gasteiger partial charge in [-0.05, 0) is 44.9 Å². The van der Waals surface area contributed by atoms with E-state index < -0.39 is 6.17 Å². The summed E-state index contributed by atoms with van der Waals surface area (Å²) in [5.41, 5.74) is 3.35. The molecule has 1 saturated heterocycles. The lowest BCUT2D eigenvalue weighted by Gasteiger charge is -2.27. The van der Waals surface area contributed by atoms with E-state index in [1.807, 2.05) is 13.1 Å². The first kappa shape index (κ1) is 14.7. The average molecular weight is 315 g/mol. The van der Waals surface area contributed by atoms with Gasteiger partial charge in [-0.25, -0.2) is 4.39 Å². The maximum atomic E-state index is 14.1. The van der Waals surface area contributed by atoms with Crippen LogP contribution in [0, 0.1) is 0 Å². The van der Waals surface area contributed by atoms with Crippen LogP contribution in [0.15, 0.2) is 24.4 Å². The molecule has 4 nitrogen and oxygen atoms in total. The van der Waals surface area contributed by atoms with Crippen LogP contribution in [0.4, 0.5) is 4.39 Å². The SMILES string of the molecule is CC([C@@H](C)F)n1c(C2CCOCC2)cc2cc3[nH]ncc3cc21. The number of nitrogens with zero attached hydrogens (tertiary/aromatic N) is 2. The predicted molar refractivity (Wildman–Crippen MR) is 89.7 cm³/mol. The summed E-state index contributed by atoms with van der Waals surface area (Å²) < 4.78 is 21.8. The molecule has 0 radical (unpaired) electrons. The highest BCUT2D eigenvalue weighted by molar-refractivity contribution is 5.95. The number of nitrogens with one attached hydrogen (secondary N) is 1. The van der Waals surface area contributed by atoms with Crippen molar-refractivity contribution in [2.45, 2.75) is 44.8 Å². The van der Waals surface area contributed by atoms with Gasteiger partial charge in [0.15, 0.2) is 0 Å². The third-order valence-electron chi connectivity index (χ3n) is 5.14. The Balaban J connectivity index is 1.93. The molecule has 3 heterocycles. The Morgan fingerprint density at radius 3 is 2.74 bits per heavy atom. The number of hydrogen-bond donors (Lipinski definition) is 1. The molecule has 1 unspecified atom stereocenters. The van der Waals surface area contributed by atoms with E-state index in [2.05, 4.69) is 33.0 Å². The first-order valence-corrected chi connectivity index (χ1v) is 8.35. The number of alkyl halides is 1. The zero-order valence-corrected chi connectivity index (χ0v) is 13.6. The van der Waals surface area contributed by atoms with Gasteiger partial charge in [0.25, 0.3) is 0 Å². The molecule has 2 atom stereocenters. The molecule has 4 rings (SSSR count). The molecular formula is C18H22FN3O. The Labute approximate surface area is 134 Å². The fourth-order valence-corrected chi connectivity index (χ4v) is 3.66. The molecule has 5 heteroatoms. The minimum absolute atomic E-state index is 0.185. The number of fused-ring (bicyclic) bond motifs is 2. The highest BCUT2D eigenvalue weighted by atomic mass is 19.1.